The molecule has 1 aliphatic heterocycles. The Morgan fingerprint density at radius 2 is 2.35 bits per heavy atom. The van der Waals surface area contributed by atoms with Gasteiger partial charge >= 0.3 is 0 Å². The van der Waals surface area contributed by atoms with Crippen molar-refractivity contribution >= 4 is 10.0 Å². The maximum Gasteiger partial charge on any atom is 0.260 e. The molecule has 7 heteroatoms. The van der Waals surface area contributed by atoms with Crippen LogP contribution in [0.15, 0.2) is 11.2 Å². The molecule has 1 aromatic heterocycles. The Kier molecular flexibility index (Phi) is 3.01. The molecular weight excluding hydrogens is 242 g/mol. The molecule has 1 fully saturated rings. The van der Waals surface area contributed by atoms with E-state index in [1.165, 1.54) is 10.5 Å². The van der Waals surface area contributed by atoms with Crippen LogP contribution >= 0.6 is 0 Å². The van der Waals surface area contributed by atoms with E-state index in [1.807, 2.05) is 6.92 Å². The van der Waals surface area contributed by atoms with Crippen molar-refractivity contribution in [1.82, 2.24) is 14.3 Å². The van der Waals surface area contributed by atoms with E-state index in [0.717, 1.165) is 0 Å². The fourth-order valence-electron chi connectivity index (χ4n) is 1.90. The van der Waals surface area contributed by atoms with Gasteiger partial charge in [-0.05, 0) is 13.3 Å². The summed E-state index contributed by atoms with van der Waals surface area (Å²) >= 11 is 0. The summed E-state index contributed by atoms with van der Waals surface area (Å²) in [6.07, 6.45) is 2.45. The lowest BCUT2D eigenvalue weighted by Gasteiger charge is -2.17. The van der Waals surface area contributed by atoms with Crippen molar-refractivity contribution in [2.45, 2.75) is 37.3 Å². The molecule has 0 amide bonds. The number of sulfonamides is 1. The summed E-state index contributed by atoms with van der Waals surface area (Å²) in [7, 11) is -3.54. The summed E-state index contributed by atoms with van der Waals surface area (Å²) in [5, 5.41) is 9.90. The number of hydrogen-bond acceptors (Lipinski definition) is 4. The maximum absolute atomic E-state index is 12.2. The number of aliphatic hydroxyl groups is 1. The minimum atomic E-state index is -3.54. The summed E-state index contributed by atoms with van der Waals surface area (Å²) in [6, 6.07) is 0. The predicted molar refractivity (Wildman–Crippen MR) is 62.0 cm³/mol. The third-order valence-corrected chi connectivity index (χ3v) is 4.73. The van der Waals surface area contributed by atoms with Crippen LogP contribution < -0.4 is 0 Å². The van der Waals surface area contributed by atoms with E-state index in [2.05, 4.69) is 9.97 Å². The highest BCUT2D eigenvalue weighted by Crippen LogP contribution is 2.25. The average Bonchev–Trinajstić information content (AvgIpc) is 2.84. The van der Waals surface area contributed by atoms with Gasteiger partial charge in [-0.25, -0.2) is 13.4 Å². The Hall–Kier alpha value is -0.920. The van der Waals surface area contributed by atoms with Gasteiger partial charge in [0.25, 0.3) is 10.0 Å². The Bertz CT molecular complexity index is 507. The molecule has 0 aliphatic carbocycles. The molecule has 1 unspecified atom stereocenters. The number of hydrogen-bond donors (Lipinski definition) is 2. The number of aromatic amines is 1. The van der Waals surface area contributed by atoms with E-state index in [4.69, 9.17) is 0 Å². The topological polar surface area (TPSA) is 86.3 Å². The lowest BCUT2D eigenvalue weighted by molar-refractivity contribution is 0.0762. The molecule has 1 aromatic rings. The largest absolute Gasteiger partial charge is 0.389 e. The Morgan fingerprint density at radius 1 is 1.65 bits per heavy atom. The molecule has 0 radical (unpaired) electrons. The van der Waals surface area contributed by atoms with E-state index >= 15 is 0 Å². The first kappa shape index (κ1) is 12.5. The highest BCUT2D eigenvalue weighted by Gasteiger charge is 2.39. The summed E-state index contributed by atoms with van der Waals surface area (Å²) < 4.78 is 25.7. The number of aryl methyl sites for hydroxylation is 1. The number of H-pyrrole nitrogens is 1. The van der Waals surface area contributed by atoms with E-state index < -0.39 is 15.6 Å². The molecule has 0 bridgehead atoms. The third-order valence-electron chi connectivity index (χ3n) is 2.97. The van der Waals surface area contributed by atoms with Gasteiger partial charge in [0.15, 0.2) is 5.03 Å². The molecule has 17 heavy (non-hydrogen) atoms. The second kappa shape index (κ2) is 4.08. The van der Waals surface area contributed by atoms with E-state index in [1.54, 1.807) is 6.92 Å². The van der Waals surface area contributed by atoms with Crippen molar-refractivity contribution < 1.29 is 13.5 Å². The first-order chi connectivity index (χ1) is 7.85. The summed E-state index contributed by atoms with van der Waals surface area (Å²) in [4.78, 5) is 6.77. The van der Waals surface area contributed by atoms with Crippen LogP contribution in [0.3, 0.4) is 0 Å². The zero-order valence-electron chi connectivity index (χ0n) is 9.97. The van der Waals surface area contributed by atoms with Crippen LogP contribution in [-0.2, 0) is 16.4 Å². The normalized spacial score (nSPS) is 26.5. The van der Waals surface area contributed by atoms with Gasteiger partial charge in [0.05, 0.1) is 11.8 Å². The van der Waals surface area contributed by atoms with Gasteiger partial charge in [-0.3, -0.25) is 0 Å². The number of β-amino-alcohol motifs (C(OH)–C–C–N with tert-alkyl or cyclic N) is 1. The fourth-order valence-corrected chi connectivity index (χ4v) is 3.39. The Labute approximate surface area is 101 Å². The Balaban J connectivity index is 2.25. The van der Waals surface area contributed by atoms with Gasteiger partial charge in [-0.15, -0.1) is 0 Å². The number of nitrogens with one attached hydrogen (secondary N) is 1. The van der Waals surface area contributed by atoms with Crippen molar-refractivity contribution in [2.24, 2.45) is 0 Å². The number of rotatable bonds is 3. The summed E-state index contributed by atoms with van der Waals surface area (Å²) in [5.41, 5.74) is -0.930. The highest BCUT2D eigenvalue weighted by atomic mass is 32.2. The van der Waals surface area contributed by atoms with Crippen molar-refractivity contribution in [3.05, 3.63) is 12.0 Å². The molecule has 1 atom stereocenters. The van der Waals surface area contributed by atoms with Crippen LogP contribution in [0.4, 0.5) is 0 Å². The minimum absolute atomic E-state index is 0.104. The van der Waals surface area contributed by atoms with Crippen LogP contribution in [0.1, 0.15) is 26.1 Å². The zero-order chi connectivity index (χ0) is 12.7. The molecule has 0 spiro atoms. The van der Waals surface area contributed by atoms with Crippen molar-refractivity contribution in [3.63, 3.8) is 0 Å². The van der Waals surface area contributed by atoms with Gasteiger partial charge in [-0.1, -0.05) is 6.92 Å². The van der Waals surface area contributed by atoms with Gasteiger partial charge in [0.1, 0.15) is 5.82 Å². The summed E-state index contributed by atoms with van der Waals surface area (Å²) in [6.45, 7) is 4.02. The zero-order valence-corrected chi connectivity index (χ0v) is 10.8. The van der Waals surface area contributed by atoms with Crippen LogP contribution in [0, 0.1) is 0 Å². The van der Waals surface area contributed by atoms with Crippen LogP contribution in [0.2, 0.25) is 0 Å². The molecule has 96 valence electrons. The minimum Gasteiger partial charge on any atom is -0.389 e. The fraction of sp³-hybridized carbons (Fsp3) is 0.700. The molecule has 0 saturated carbocycles. The lowest BCUT2D eigenvalue weighted by Crippen LogP contribution is -2.34. The molecule has 2 heterocycles. The molecule has 2 N–H and O–H groups in total. The monoisotopic (exact) mass is 259 g/mol. The van der Waals surface area contributed by atoms with Crippen molar-refractivity contribution in [2.75, 3.05) is 13.1 Å². The second-order valence-electron chi connectivity index (χ2n) is 4.63. The molecular formula is C10H17N3O3S. The van der Waals surface area contributed by atoms with Crippen LogP contribution in [0.25, 0.3) is 0 Å². The van der Waals surface area contributed by atoms with E-state index in [9.17, 15) is 13.5 Å². The maximum atomic E-state index is 12.2. The number of nitrogens with zero attached hydrogens (tertiary/aromatic N) is 2. The molecule has 1 aliphatic rings. The Morgan fingerprint density at radius 3 is 2.82 bits per heavy atom. The standard InChI is InChI=1S/C10H17N3O3S/c1-3-8-11-6-9(12-8)17(15,16)13-5-4-10(2,14)7-13/h6,14H,3-5,7H2,1-2H3,(H,11,12). The predicted octanol–water partition coefficient (Wildman–Crippen LogP) is 0.118. The van der Waals surface area contributed by atoms with E-state index in [-0.39, 0.29) is 11.6 Å². The SMILES string of the molecule is CCc1ncc(S(=O)(=O)N2CCC(C)(O)C2)[nH]1. The van der Waals surface area contributed by atoms with Gasteiger partial charge in [-0.2, -0.15) is 4.31 Å². The van der Waals surface area contributed by atoms with Gasteiger partial charge in [0, 0.05) is 19.5 Å². The molecule has 6 nitrogen and oxygen atoms in total. The molecule has 2 rings (SSSR count). The quantitative estimate of drug-likeness (QED) is 0.807. The average molecular weight is 259 g/mol. The number of imidazole rings is 1. The lowest BCUT2D eigenvalue weighted by atomic mass is 10.1. The first-order valence-corrected chi connectivity index (χ1v) is 7.05. The van der Waals surface area contributed by atoms with Crippen molar-refractivity contribution in [1.29, 1.82) is 0 Å². The van der Waals surface area contributed by atoms with E-state index in [0.29, 0.717) is 25.2 Å². The molecule has 1 saturated heterocycles. The van der Waals surface area contributed by atoms with Crippen molar-refractivity contribution in [3.8, 4) is 0 Å². The van der Waals surface area contributed by atoms with Crippen LogP contribution in [0.5, 0.6) is 0 Å². The van der Waals surface area contributed by atoms with Crippen LogP contribution in [-0.4, -0.2) is 46.5 Å². The third kappa shape index (κ3) is 2.36. The first-order valence-electron chi connectivity index (χ1n) is 5.61. The smallest absolute Gasteiger partial charge is 0.260 e. The number of aromatic nitrogens is 2. The summed E-state index contributed by atoms with van der Waals surface area (Å²) in [5.74, 6) is 0.648. The molecule has 0 aromatic carbocycles. The second-order valence-corrected chi connectivity index (χ2v) is 6.54. The van der Waals surface area contributed by atoms with Gasteiger partial charge in [0.2, 0.25) is 0 Å². The van der Waals surface area contributed by atoms with Gasteiger partial charge < -0.3 is 10.1 Å². The highest BCUT2D eigenvalue weighted by molar-refractivity contribution is 7.89.